The molecular formula is C64H126CaO8S2. The minimum absolute atomic E-state index is 0. The van der Waals surface area contributed by atoms with E-state index in [0.29, 0.717) is 0 Å². The Balaban J connectivity index is -0.00000136. The van der Waals surface area contributed by atoms with Crippen LogP contribution < -0.4 is 0 Å². The van der Waals surface area contributed by atoms with Crippen LogP contribution in [0.5, 0.6) is 0 Å². The Morgan fingerprint density at radius 1 is 0.293 bits per heavy atom. The molecule has 0 N–H and O–H groups in total. The molecule has 0 bridgehead atoms. The van der Waals surface area contributed by atoms with Crippen molar-refractivity contribution in [3.05, 3.63) is 24.3 Å². The molecule has 0 aliphatic rings. The van der Waals surface area contributed by atoms with Crippen molar-refractivity contribution in [2.75, 3.05) is 13.2 Å². The monoisotopic (exact) mass is 1130 g/mol. The van der Waals surface area contributed by atoms with Crippen molar-refractivity contribution in [2.45, 2.75) is 362 Å². The van der Waals surface area contributed by atoms with Crippen molar-refractivity contribution < 1.29 is 34.3 Å². The normalized spacial score (nSPS) is 12.9. The van der Waals surface area contributed by atoms with E-state index < -0.39 is 20.8 Å². The van der Waals surface area contributed by atoms with Gasteiger partial charge in [0, 0.05) is 11.8 Å². The number of unbranched alkanes of at least 4 members (excludes halogenated alkanes) is 46. The minimum Gasteiger partial charge on any atom is -0.726 e. The van der Waals surface area contributed by atoms with Gasteiger partial charge in [0.05, 0.1) is 13.2 Å². The van der Waals surface area contributed by atoms with Gasteiger partial charge in [0.1, 0.15) is 0 Å². The van der Waals surface area contributed by atoms with E-state index in [1.165, 1.54) is 295 Å². The fraction of sp³-hybridized carbons (Fsp3) is 0.938. The van der Waals surface area contributed by atoms with Gasteiger partial charge in [0.2, 0.25) is 20.8 Å². The van der Waals surface area contributed by atoms with Gasteiger partial charge in [0.15, 0.2) is 0 Å². The zero-order valence-corrected chi connectivity index (χ0v) is 54.3. The number of rotatable bonds is 60. The molecule has 0 radical (unpaired) electrons. The second-order valence-electron chi connectivity index (χ2n) is 22.5. The molecule has 0 saturated heterocycles. The predicted molar refractivity (Wildman–Crippen MR) is 325 cm³/mol. The second-order valence-corrected chi connectivity index (χ2v) is 24.6. The van der Waals surface area contributed by atoms with Crippen molar-refractivity contribution in [1.29, 1.82) is 0 Å². The third-order valence-electron chi connectivity index (χ3n) is 15.0. The summed E-state index contributed by atoms with van der Waals surface area (Å²) < 4.78 is 74.6. The molecule has 8 nitrogen and oxygen atoms in total. The fourth-order valence-electron chi connectivity index (χ4n) is 10.1. The van der Waals surface area contributed by atoms with E-state index in [1.54, 1.807) is 0 Å². The average molecular weight is 1130 g/mol. The van der Waals surface area contributed by atoms with Crippen LogP contribution in [-0.2, 0) is 29.2 Å². The van der Waals surface area contributed by atoms with Crippen LogP contribution in [0.4, 0.5) is 0 Å². The molecule has 0 aliphatic heterocycles. The van der Waals surface area contributed by atoms with Gasteiger partial charge in [-0.3, -0.25) is 8.37 Å². The van der Waals surface area contributed by atoms with E-state index in [0.717, 1.165) is 38.5 Å². The molecule has 75 heavy (non-hydrogen) atoms. The molecule has 0 amide bonds. The van der Waals surface area contributed by atoms with Gasteiger partial charge >= 0.3 is 37.7 Å². The first kappa shape index (κ1) is 79.7. The zero-order chi connectivity index (χ0) is 54.6. The third-order valence-corrected chi connectivity index (χ3v) is 15.8. The summed E-state index contributed by atoms with van der Waals surface area (Å²) in [6, 6.07) is 0. The van der Waals surface area contributed by atoms with Crippen molar-refractivity contribution in [2.24, 2.45) is 11.8 Å². The quantitative estimate of drug-likeness (QED) is 0.0193. The Morgan fingerprint density at radius 2 is 0.467 bits per heavy atom. The molecule has 0 aromatic carbocycles. The molecule has 2 atom stereocenters. The molecule has 0 saturated carbocycles. The van der Waals surface area contributed by atoms with Crippen molar-refractivity contribution in [3.8, 4) is 0 Å². The first-order chi connectivity index (χ1) is 36.0. The van der Waals surface area contributed by atoms with E-state index >= 15 is 0 Å². The third kappa shape index (κ3) is 74.5. The van der Waals surface area contributed by atoms with E-state index in [9.17, 15) is 25.9 Å². The Morgan fingerprint density at radius 3 is 0.653 bits per heavy atom. The van der Waals surface area contributed by atoms with E-state index in [-0.39, 0.29) is 62.8 Å². The molecule has 0 spiro atoms. The summed E-state index contributed by atoms with van der Waals surface area (Å²) in [6.45, 7) is 9.03. The maximum absolute atomic E-state index is 10.9. The van der Waals surface area contributed by atoms with Gasteiger partial charge in [-0.05, 0) is 38.5 Å². The first-order valence-electron chi connectivity index (χ1n) is 32.5. The molecule has 0 aromatic heterocycles. The topological polar surface area (TPSA) is 133 Å². The summed E-state index contributed by atoms with van der Waals surface area (Å²) in [5.41, 5.74) is 0. The summed E-state index contributed by atoms with van der Waals surface area (Å²) in [4.78, 5) is 0. The fourth-order valence-corrected chi connectivity index (χ4v) is 10.8. The molecule has 444 valence electrons. The van der Waals surface area contributed by atoms with E-state index in [2.05, 4.69) is 60.4 Å². The van der Waals surface area contributed by atoms with Crippen LogP contribution in [0.15, 0.2) is 24.3 Å². The molecule has 0 aromatic rings. The van der Waals surface area contributed by atoms with Gasteiger partial charge in [-0.15, -0.1) is 0 Å². The largest absolute Gasteiger partial charge is 2.00 e. The van der Waals surface area contributed by atoms with Gasteiger partial charge < -0.3 is 9.11 Å². The predicted octanol–water partition coefficient (Wildman–Crippen LogP) is 21.3. The Labute approximate surface area is 499 Å². The van der Waals surface area contributed by atoms with Gasteiger partial charge in [-0.25, -0.2) is 16.8 Å². The molecular weight excluding hydrogens is 1000 g/mol. The van der Waals surface area contributed by atoms with E-state index in [1.807, 2.05) is 0 Å². The van der Waals surface area contributed by atoms with Crippen LogP contribution in [0.25, 0.3) is 0 Å². The smallest absolute Gasteiger partial charge is 0.726 e. The Bertz CT molecular complexity index is 1260. The van der Waals surface area contributed by atoms with Crippen LogP contribution in [0.1, 0.15) is 362 Å². The molecule has 0 aliphatic carbocycles. The molecule has 11 heteroatoms. The van der Waals surface area contributed by atoms with Crippen molar-refractivity contribution in [3.63, 3.8) is 0 Å². The average Bonchev–Trinajstić information content (AvgIpc) is 3.37. The summed E-state index contributed by atoms with van der Waals surface area (Å²) >= 11 is 0. The number of hydrogen-bond acceptors (Lipinski definition) is 8. The van der Waals surface area contributed by atoms with Crippen LogP contribution in [-0.4, -0.2) is 76.9 Å². The van der Waals surface area contributed by atoms with Crippen LogP contribution in [0.3, 0.4) is 0 Å². The number of hydrogen-bond donors (Lipinski definition) is 0. The SMILES string of the molecule is CCCCCCCCCCCCCCC/C=C/C(CCCCCCCCCCCCC)COS(=O)(=O)[O-].CCCCCCCCCCCCCCC/C=C/C(CCCCCCCCCCCCC)COS(=O)(=O)[O-].[Ca+2]. The molecule has 0 rings (SSSR count). The zero-order valence-electron chi connectivity index (χ0n) is 50.4. The molecule has 0 heterocycles. The van der Waals surface area contributed by atoms with Gasteiger partial charge in [0.25, 0.3) is 0 Å². The first-order valence-corrected chi connectivity index (χ1v) is 35.2. The Hall–Kier alpha value is 0.480. The summed E-state index contributed by atoms with van der Waals surface area (Å²) in [5, 5.41) is 0. The standard InChI is InChI=1S/2C32H64O4S.Ca/c2*1-3-5-7-9-11-13-15-16-17-18-20-22-24-26-28-30-32(31-36-37(33,34)35)29-27-25-23-21-19-14-12-10-8-6-4-2;/h2*28,30,32H,3-27,29,31H2,1-2H3,(H,33,34,35);/q;;+2/p-2/b2*30-28+;. The second kappa shape index (κ2) is 65.3. The maximum Gasteiger partial charge on any atom is 2.00 e. The molecule has 0 fully saturated rings. The number of allylic oxidation sites excluding steroid dienone is 2. The summed E-state index contributed by atoms with van der Waals surface area (Å²) in [5.74, 6) is 0.0357. The van der Waals surface area contributed by atoms with Gasteiger partial charge in [-0.2, -0.15) is 0 Å². The van der Waals surface area contributed by atoms with Crippen LogP contribution in [0.2, 0.25) is 0 Å². The van der Waals surface area contributed by atoms with Crippen molar-refractivity contribution >= 4 is 58.5 Å². The van der Waals surface area contributed by atoms with Crippen LogP contribution in [0, 0.1) is 11.8 Å². The van der Waals surface area contributed by atoms with Gasteiger partial charge in [-0.1, -0.05) is 347 Å². The van der Waals surface area contributed by atoms with E-state index in [4.69, 9.17) is 0 Å². The minimum atomic E-state index is -4.62. The van der Waals surface area contributed by atoms with Crippen LogP contribution >= 0.6 is 0 Å². The molecule has 2 unspecified atom stereocenters. The Kier molecular flexibility index (Phi) is 69.4. The summed E-state index contributed by atoms with van der Waals surface area (Å²) in [7, 11) is -9.23. The van der Waals surface area contributed by atoms with Crippen molar-refractivity contribution in [1.82, 2.24) is 0 Å². The summed E-state index contributed by atoms with van der Waals surface area (Å²) in [6.07, 6.45) is 76.1. The maximum atomic E-state index is 10.9.